The zero-order chi connectivity index (χ0) is 76.4. The number of nitrogens with zero attached hydrogens (tertiary/aromatic N) is 7. The number of morpholine rings is 2. The van der Waals surface area contributed by atoms with E-state index in [0.717, 1.165) is 80.9 Å². The molecule has 4 N–H and O–H groups in total. The van der Waals surface area contributed by atoms with Crippen LogP contribution in [-0.2, 0) is 42.0 Å². The van der Waals surface area contributed by atoms with Crippen molar-refractivity contribution in [2.45, 2.75) is 105 Å². The van der Waals surface area contributed by atoms with Crippen LogP contribution in [0.2, 0.25) is 5.15 Å². The average Bonchev–Trinajstić information content (AvgIpc) is 1.65. The third kappa shape index (κ3) is 21.5. The number of rotatable bonds is 12. The summed E-state index contributed by atoms with van der Waals surface area (Å²) in [5.74, 6) is 5.29. The lowest BCUT2D eigenvalue weighted by atomic mass is 9.76. The summed E-state index contributed by atoms with van der Waals surface area (Å²) in [6.45, 7) is 23.9. The Morgan fingerprint density at radius 1 is 0.533 bits per heavy atom. The molecule has 0 aliphatic carbocycles. The van der Waals surface area contributed by atoms with E-state index in [0.29, 0.717) is 92.4 Å². The molecule has 4 amide bonds. The molecule has 8 aromatic rings. The van der Waals surface area contributed by atoms with Crippen molar-refractivity contribution < 1.29 is 82.2 Å². The fraction of sp³-hybridized carbons (Fsp3) is 0.338. The quantitative estimate of drug-likeness (QED) is 0.0385. The number of halogens is 10. The number of ether oxygens (including phenoxy) is 3. The molecule has 0 saturated carbocycles. The summed E-state index contributed by atoms with van der Waals surface area (Å²) in [4.78, 5) is 73.0. The molecular weight excluding hydrogens is 1400 g/mol. The van der Waals surface area contributed by atoms with Gasteiger partial charge in [0.15, 0.2) is 0 Å². The summed E-state index contributed by atoms with van der Waals surface area (Å²) in [6, 6.07) is 28.9. The number of carbonyl (C=O) groups is 4. The number of nitrogens with one attached hydrogen (secondary N) is 4. The van der Waals surface area contributed by atoms with E-state index in [2.05, 4.69) is 62.8 Å². The monoisotopic (exact) mass is 1480 g/mol. The summed E-state index contributed by atoms with van der Waals surface area (Å²) in [7, 11) is -0.616. The van der Waals surface area contributed by atoms with Gasteiger partial charge in [-0.25, -0.2) is 14.8 Å². The fourth-order valence-corrected chi connectivity index (χ4v) is 10.8. The van der Waals surface area contributed by atoms with Crippen LogP contribution in [0.3, 0.4) is 0 Å². The Morgan fingerprint density at radius 3 is 1.33 bits per heavy atom. The summed E-state index contributed by atoms with van der Waals surface area (Å²) in [6.07, 6.45) is -11.6. The van der Waals surface area contributed by atoms with Crippen molar-refractivity contribution >= 4 is 76.7 Å². The summed E-state index contributed by atoms with van der Waals surface area (Å²) in [5, 5.41) is 10.9. The number of aromatic nitrogens is 5. The third-order valence-corrected chi connectivity index (χ3v) is 17.0. The number of pyridine rings is 5. The molecule has 0 bridgehead atoms. The normalized spacial score (nSPS) is 15.0. The van der Waals surface area contributed by atoms with Crippen molar-refractivity contribution in [2.24, 2.45) is 0 Å². The van der Waals surface area contributed by atoms with E-state index in [1.807, 2.05) is 72.7 Å². The molecule has 20 nitrogen and oxygen atoms in total. The van der Waals surface area contributed by atoms with Crippen LogP contribution in [0.1, 0.15) is 119 Å². The van der Waals surface area contributed by atoms with Crippen molar-refractivity contribution in [1.82, 2.24) is 30.2 Å². The number of aryl methyl sites for hydroxylation is 3. The molecule has 0 atom stereocenters. The zero-order valence-electron chi connectivity index (χ0n) is 58.7. The van der Waals surface area contributed by atoms with Crippen molar-refractivity contribution in [3.8, 4) is 34.1 Å². The van der Waals surface area contributed by atoms with Gasteiger partial charge in [-0.1, -0.05) is 41.3 Å². The second-order valence-corrected chi connectivity index (χ2v) is 26.7. The second kappa shape index (κ2) is 32.9. The molecule has 3 fully saturated rings. The summed E-state index contributed by atoms with van der Waals surface area (Å²) < 4.78 is 145. The Bertz CT molecular complexity index is 4560. The number of carbonyl (C=O) groups excluding carboxylic acids is 4. The molecule has 552 valence electrons. The van der Waals surface area contributed by atoms with Gasteiger partial charge in [-0.2, -0.15) is 39.5 Å². The highest BCUT2D eigenvalue weighted by Gasteiger charge is 2.52. The zero-order valence-corrected chi connectivity index (χ0v) is 59.5. The van der Waals surface area contributed by atoms with Gasteiger partial charge < -0.3 is 54.6 Å². The second-order valence-electron chi connectivity index (χ2n) is 26.4. The largest absolute Gasteiger partial charge is 0.495 e. The van der Waals surface area contributed by atoms with E-state index in [1.54, 1.807) is 75.4 Å². The van der Waals surface area contributed by atoms with Gasteiger partial charge in [-0.3, -0.25) is 29.3 Å². The van der Waals surface area contributed by atoms with Gasteiger partial charge in [0, 0.05) is 78.5 Å². The molecule has 3 aliphatic heterocycles. The highest BCUT2D eigenvalue weighted by atomic mass is 35.5. The van der Waals surface area contributed by atoms with Gasteiger partial charge in [0.2, 0.25) is 0 Å². The minimum Gasteiger partial charge on any atom is -0.444 e. The first-order chi connectivity index (χ1) is 49.3. The summed E-state index contributed by atoms with van der Waals surface area (Å²) >= 11 is 6.29. The Hall–Kier alpha value is -10.2. The Kier molecular flexibility index (Phi) is 24.7. The van der Waals surface area contributed by atoms with Crippen LogP contribution < -0.4 is 36.5 Å². The lowest BCUT2D eigenvalue weighted by Gasteiger charge is -2.32. The lowest BCUT2D eigenvalue weighted by molar-refractivity contribution is -0.142. The highest BCUT2D eigenvalue weighted by Crippen LogP contribution is 2.39. The van der Waals surface area contributed by atoms with Crippen molar-refractivity contribution in [3.63, 3.8) is 0 Å². The number of alkyl halides is 9. The number of amides is 4. The highest BCUT2D eigenvalue weighted by molar-refractivity contribution is 6.62. The maximum absolute atomic E-state index is 13.1. The van der Waals surface area contributed by atoms with E-state index in [-0.39, 0.29) is 23.2 Å². The Labute approximate surface area is 605 Å². The topological polar surface area (TPSA) is 233 Å². The molecule has 0 radical (unpaired) electrons. The number of hydrogen-bond acceptors (Lipinski definition) is 16. The number of alkyl carbamates (subject to hydrolysis) is 1. The fourth-order valence-electron chi connectivity index (χ4n) is 10.6. The smallest absolute Gasteiger partial charge is 0.444 e. The number of benzene rings is 3. The maximum Gasteiger partial charge on any atom is 0.495 e. The van der Waals surface area contributed by atoms with Crippen LogP contribution in [0.15, 0.2) is 134 Å². The molecule has 3 aliphatic rings. The van der Waals surface area contributed by atoms with Crippen LogP contribution in [0, 0.1) is 32.6 Å². The van der Waals surface area contributed by atoms with E-state index >= 15 is 0 Å². The van der Waals surface area contributed by atoms with Crippen molar-refractivity contribution in [2.75, 3.05) is 84.9 Å². The number of anilines is 5. The van der Waals surface area contributed by atoms with Gasteiger partial charge >= 0.3 is 31.7 Å². The van der Waals surface area contributed by atoms with Gasteiger partial charge in [0.1, 0.15) is 45.2 Å². The lowest BCUT2D eigenvalue weighted by Crippen LogP contribution is -2.41. The van der Waals surface area contributed by atoms with Crippen LogP contribution in [0.4, 0.5) is 73.0 Å². The Morgan fingerprint density at radius 2 is 0.924 bits per heavy atom. The minimum absolute atomic E-state index is 0.0549. The summed E-state index contributed by atoms with van der Waals surface area (Å²) in [5.41, 5.74) is 2.90. The van der Waals surface area contributed by atoms with E-state index < -0.39 is 83.3 Å². The van der Waals surface area contributed by atoms with Crippen molar-refractivity contribution in [3.05, 3.63) is 195 Å². The molecule has 0 spiro atoms. The predicted molar refractivity (Wildman–Crippen MR) is 379 cm³/mol. The van der Waals surface area contributed by atoms with E-state index in [4.69, 9.17) is 40.1 Å². The number of hydrogen-bond donors (Lipinski definition) is 4. The molecule has 0 unspecified atom stereocenters. The molecule has 31 heteroatoms. The predicted octanol–water partition coefficient (Wildman–Crippen LogP) is 14.6. The van der Waals surface area contributed by atoms with Crippen LogP contribution >= 0.6 is 11.6 Å². The van der Waals surface area contributed by atoms with Crippen LogP contribution in [-0.4, -0.2) is 132 Å². The van der Waals surface area contributed by atoms with E-state index in [1.165, 1.54) is 18.2 Å². The molecule has 3 saturated heterocycles. The van der Waals surface area contributed by atoms with Crippen LogP contribution in [0.25, 0.3) is 22.3 Å². The first kappa shape index (κ1) is 78.9. The first-order valence-corrected chi connectivity index (χ1v) is 33.2. The molecular formula is C74H74BClF9N11O9. The molecule has 11 rings (SSSR count). The van der Waals surface area contributed by atoms with Gasteiger partial charge in [-0.05, 0) is 211 Å². The Balaban J connectivity index is 0.000000186. The standard InChI is InChI=1S/C31H32F3N5O4.C23H20ClF3N4O2.C20H22BF3N2O3/c1-20-7-8-24(38-28(40)21-9-11-35-26(17-21)31(32,33)34)19-25(20)22-16-23(6-5-10-36-29(41)43-30(2,3)4)37-27(18-22)39-12-14-42-15-13-39;1-14-2-3-17(29-22(32)15-4-5-28-19(10-15)23(25,26)27)13-18(14)16-11-20(24)30-21(12-16)31-6-8-33-9-7-31;1-12-6-7-14(11-15(12)21-28-18(2,3)19(4,5)29-21)26-17(27)13-8-9-25-16(10-13)20(22,23)24/h7-9,11,16-19H,10,12-15H2,1-4H3,(H,36,41)(H,38,40);2-5,10-13H,6-9H2,1H3,(H,29,32);6-11H,1-5H3,(H,26,27). The minimum atomic E-state index is -4.67. The van der Waals surface area contributed by atoms with Gasteiger partial charge in [0.25, 0.3) is 17.7 Å². The third-order valence-electron chi connectivity index (χ3n) is 16.8. The van der Waals surface area contributed by atoms with Crippen LogP contribution in [0.5, 0.6) is 0 Å². The molecule has 5 aromatic heterocycles. The SMILES string of the molecule is Cc1ccc(NC(=O)c2ccnc(C(F)(F)F)c2)cc1-c1cc(C#CCNC(=O)OC(C)(C)C)nc(N2CCOCC2)c1.Cc1ccc(NC(=O)c2ccnc(C(F)(F)F)c2)cc1-c1cc(Cl)nc(N2CCOCC2)c1.Cc1ccc(NC(=O)c2ccnc(C(F)(F)F)c2)cc1B1OC(C)(C)C(C)(C)O1. The average molecular weight is 1480 g/mol. The van der Waals surface area contributed by atoms with Gasteiger partial charge in [0.05, 0.1) is 44.2 Å². The van der Waals surface area contributed by atoms with Crippen molar-refractivity contribution in [1.29, 1.82) is 0 Å². The molecule has 8 heterocycles. The first-order valence-electron chi connectivity index (χ1n) is 32.8. The van der Waals surface area contributed by atoms with E-state index in [9.17, 15) is 58.7 Å². The molecule has 3 aromatic carbocycles. The van der Waals surface area contributed by atoms with Gasteiger partial charge in [-0.15, -0.1) is 0 Å². The maximum atomic E-state index is 13.1. The molecule has 105 heavy (non-hydrogen) atoms.